The molecule has 2 unspecified atom stereocenters. The second kappa shape index (κ2) is 13.4. The summed E-state index contributed by atoms with van der Waals surface area (Å²) in [5.41, 5.74) is 14.4. The fourth-order valence-electron chi connectivity index (χ4n) is 7.09. The van der Waals surface area contributed by atoms with Gasteiger partial charge in [-0.3, -0.25) is 0 Å². The van der Waals surface area contributed by atoms with Crippen molar-refractivity contribution in [1.82, 2.24) is 0 Å². The van der Waals surface area contributed by atoms with Crippen LogP contribution in [0.2, 0.25) is 0 Å². The van der Waals surface area contributed by atoms with Crippen LogP contribution >= 0.6 is 24.8 Å². The fourth-order valence-corrected chi connectivity index (χ4v) is 21.4. The first-order valence-electron chi connectivity index (χ1n) is 15.5. The Hall–Kier alpha value is -2.32. The zero-order chi connectivity index (χ0) is 28.1. The molecule has 0 aliphatic heterocycles. The van der Waals surface area contributed by atoms with Gasteiger partial charge in [0.15, 0.2) is 0 Å². The summed E-state index contributed by atoms with van der Waals surface area (Å²) in [7, 11) is 0. The van der Waals surface area contributed by atoms with Gasteiger partial charge in [0.05, 0.1) is 0 Å². The fraction of sp³-hybridized carbons (Fsp3) is 0.275. The average molecular weight is 772 g/mol. The molecule has 3 aliphatic carbocycles. The average Bonchev–Trinajstić information content (AvgIpc) is 3.59. The second-order valence-corrected chi connectivity index (χ2v) is 23.0. The topological polar surface area (TPSA) is 0 Å². The van der Waals surface area contributed by atoms with E-state index in [0.29, 0.717) is 19.2 Å². The predicted molar refractivity (Wildman–Crippen MR) is 189 cm³/mol. The van der Waals surface area contributed by atoms with Gasteiger partial charge in [-0.25, -0.2) is 0 Å². The Morgan fingerprint density at radius 3 is 1.33 bits per heavy atom. The van der Waals surface area contributed by atoms with E-state index < -0.39 is 21.0 Å². The summed E-state index contributed by atoms with van der Waals surface area (Å²) in [5, 5.41) is 0. The number of halogens is 2. The first kappa shape index (κ1) is 32.1. The molecule has 0 saturated heterocycles. The predicted octanol–water partition coefficient (Wildman–Crippen LogP) is 11.9. The Bertz CT molecular complexity index is 1580. The molecule has 43 heavy (non-hydrogen) atoms. The Morgan fingerprint density at radius 2 is 0.977 bits per heavy atom. The van der Waals surface area contributed by atoms with Crippen LogP contribution in [0.5, 0.6) is 0 Å². The van der Waals surface area contributed by atoms with E-state index in [4.69, 9.17) is 0 Å². The van der Waals surface area contributed by atoms with Crippen LogP contribution in [-0.4, -0.2) is 3.26 Å². The van der Waals surface area contributed by atoms with Gasteiger partial charge in [0.1, 0.15) is 0 Å². The van der Waals surface area contributed by atoms with Gasteiger partial charge in [-0.15, -0.1) is 24.8 Å². The molecule has 220 valence electrons. The smallest absolute Gasteiger partial charge is 0.147 e. The number of rotatable bonds is 6. The van der Waals surface area contributed by atoms with Crippen molar-refractivity contribution in [2.45, 2.75) is 66.1 Å². The van der Waals surface area contributed by atoms with Crippen LogP contribution in [-0.2, 0) is 21.0 Å². The van der Waals surface area contributed by atoms with E-state index in [9.17, 15) is 0 Å². The van der Waals surface area contributed by atoms with Crippen LogP contribution in [0.1, 0.15) is 99.5 Å². The van der Waals surface area contributed by atoms with Crippen molar-refractivity contribution in [2.24, 2.45) is 0 Å². The summed E-state index contributed by atoms with van der Waals surface area (Å²) >= 11 is -2.34. The van der Waals surface area contributed by atoms with Crippen LogP contribution in [0.25, 0.3) is 34.4 Å². The van der Waals surface area contributed by atoms with E-state index in [1.807, 2.05) is 3.26 Å². The maximum Gasteiger partial charge on any atom is -0.147 e. The van der Waals surface area contributed by atoms with Crippen LogP contribution in [0, 0.1) is 0 Å². The summed E-state index contributed by atoms with van der Waals surface area (Å²) in [5.74, 6) is 1.12. The monoisotopic (exact) mass is 772 g/mol. The van der Waals surface area contributed by atoms with Gasteiger partial charge in [-0.05, 0) is 0 Å². The zero-order valence-electron chi connectivity index (χ0n) is 25.6. The van der Waals surface area contributed by atoms with Crippen molar-refractivity contribution >= 4 is 40.2 Å². The van der Waals surface area contributed by atoms with Gasteiger partial charge in [0.25, 0.3) is 0 Å². The number of hydrogen-bond acceptors (Lipinski definition) is 0. The third-order valence-corrected chi connectivity index (χ3v) is 22.8. The molecule has 3 aliphatic rings. The zero-order valence-corrected chi connectivity index (χ0v) is 30.9. The molecule has 1 saturated carbocycles. The third-order valence-electron chi connectivity index (χ3n) is 9.67. The summed E-state index contributed by atoms with van der Waals surface area (Å²) in [6, 6.07) is 32.8. The molecule has 0 spiro atoms. The normalized spacial score (nSPS) is 17.8. The van der Waals surface area contributed by atoms with E-state index in [0.717, 1.165) is 0 Å². The van der Waals surface area contributed by atoms with Gasteiger partial charge < -0.3 is 0 Å². The molecule has 7 rings (SSSR count). The summed E-state index contributed by atoms with van der Waals surface area (Å²) in [6.45, 7) is 9.09. The summed E-state index contributed by atoms with van der Waals surface area (Å²) in [6.07, 6.45) is 14.3. The Balaban J connectivity index is 0.00000184. The van der Waals surface area contributed by atoms with Crippen molar-refractivity contribution in [1.29, 1.82) is 0 Å². The summed E-state index contributed by atoms with van der Waals surface area (Å²) in [4.78, 5) is 0. The van der Waals surface area contributed by atoms with E-state index in [-0.39, 0.29) is 24.8 Å². The minimum atomic E-state index is -2.34. The van der Waals surface area contributed by atoms with E-state index in [2.05, 4.69) is 137 Å². The molecule has 0 bridgehead atoms. The molecule has 0 N–H and O–H groups in total. The molecule has 0 nitrogen and oxygen atoms in total. The molecule has 0 heterocycles. The molecule has 0 radical (unpaired) electrons. The standard InChI is InChI=1S/2C18H17.C4H6.2ClH.Hf/c2*1-13(2)14-9-11-16(12-10-14)18-8-4-6-15-5-3-7-17(15)18;1-2-4-3-1;;;/h2*3-13H,1-2H3;1-3H2;2*1H;. The molecule has 3 heteroatoms. The van der Waals surface area contributed by atoms with Crippen LogP contribution < -0.4 is 0 Å². The molecule has 4 aromatic carbocycles. The first-order chi connectivity index (χ1) is 20.0. The molecule has 0 aromatic heterocycles. The SMILES string of the molecule is CC(C)c1ccc(-c2cccc3c2C=C[CH]3[Hf](=[C]2CCC2)[CH]2C=Cc3c(-c4ccc(C(C)C)cc4)cccc32)cc1.Cl.Cl. The van der Waals surface area contributed by atoms with Gasteiger partial charge >= 0.3 is 255 Å². The van der Waals surface area contributed by atoms with Gasteiger partial charge in [0.2, 0.25) is 0 Å². The van der Waals surface area contributed by atoms with Crippen LogP contribution in [0.4, 0.5) is 0 Å². The second-order valence-electron chi connectivity index (χ2n) is 12.8. The molecule has 2 atom stereocenters. The molecule has 4 aromatic rings. The van der Waals surface area contributed by atoms with Crippen molar-refractivity contribution in [3.63, 3.8) is 0 Å². The van der Waals surface area contributed by atoms with Gasteiger partial charge in [0, 0.05) is 0 Å². The quantitative estimate of drug-likeness (QED) is 0.171. The third kappa shape index (κ3) is 5.90. The van der Waals surface area contributed by atoms with E-state index >= 15 is 0 Å². The molecule has 0 amide bonds. The maximum atomic E-state index is 2.62. The maximum absolute atomic E-state index is 2.62. The Labute approximate surface area is 278 Å². The summed E-state index contributed by atoms with van der Waals surface area (Å²) < 4.78 is 3.24. The number of fused-ring (bicyclic) bond motifs is 2. The van der Waals surface area contributed by atoms with Crippen molar-refractivity contribution < 1.29 is 21.0 Å². The molecular weight excluding hydrogens is 730 g/mol. The van der Waals surface area contributed by atoms with Crippen molar-refractivity contribution in [3.05, 3.63) is 130 Å². The van der Waals surface area contributed by atoms with Crippen LogP contribution in [0.15, 0.2) is 97.1 Å². The van der Waals surface area contributed by atoms with Gasteiger partial charge in [-0.1, -0.05) is 0 Å². The largest absolute Gasteiger partial charge is 0.147 e. The van der Waals surface area contributed by atoms with Crippen LogP contribution in [0.3, 0.4) is 0 Å². The van der Waals surface area contributed by atoms with Gasteiger partial charge in [-0.2, -0.15) is 0 Å². The Morgan fingerprint density at radius 1 is 0.558 bits per heavy atom. The first-order valence-corrected chi connectivity index (χ1v) is 21.5. The minimum Gasteiger partial charge on any atom is -0.147 e. The van der Waals surface area contributed by atoms with Crippen molar-refractivity contribution in [2.75, 3.05) is 0 Å². The molecule has 1 fully saturated rings. The van der Waals surface area contributed by atoms with E-state index in [1.54, 1.807) is 11.1 Å². The number of benzene rings is 4. The molecular formula is C40H42Cl2Hf. The number of allylic oxidation sites excluding steroid dienone is 2. The number of hydrogen-bond donors (Lipinski definition) is 0. The van der Waals surface area contributed by atoms with E-state index in [1.165, 1.54) is 63.8 Å². The van der Waals surface area contributed by atoms with Crippen molar-refractivity contribution in [3.8, 4) is 22.3 Å². The Kier molecular flexibility index (Phi) is 9.96. The minimum absolute atomic E-state index is 0.